The molecule has 0 aromatic carbocycles. The van der Waals surface area contributed by atoms with Gasteiger partial charge in [0.2, 0.25) is 0 Å². The lowest BCUT2D eigenvalue weighted by atomic mass is 9.59. The molecule has 1 saturated heterocycles. The Balaban J connectivity index is 2.15. The monoisotopic (exact) mass is 490 g/mol. The molecule has 196 valence electrons. The zero-order chi connectivity index (χ0) is 26.1. The molecule has 0 amide bonds. The molecule has 0 N–H and O–H groups in total. The number of carbonyl (C=O) groups excluding carboxylic acids is 3. The van der Waals surface area contributed by atoms with Gasteiger partial charge in [-0.1, -0.05) is 39.0 Å². The van der Waals surface area contributed by atoms with Gasteiger partial charge in [0.05, 0.1) is 6.10 Å². The molecule has 1 saturated carbocycles. The lowest BCUT2D eigenvalue weighted by molar-refractivity contribution is -0.190. The number of rotatable bonds is 6. The molecule has 2 heterocycles. The summed E-state index contributed by atoms with van der Waals surface area (Å²) < 4.78 is 24.6. The molecule has 0 aromatic rings. The summed E-state index contributed by atoms with van der Waals surface area (Å²) in [7, 11) is 0. The minimum atomic E-state index is -0.854. The molecule has 8 atom stereocenters. The van der Waals surface area contributed by atoms with Gasteiger partial charge in [0.25, 0.3) is 0 Å². The van der Waals surface area contributed by atoms with Crippen LogP contribution in [-0.4, -0.2) is 47.9 Å². The van der Waals surface area contributed by atoms with Crippen LogP contribution in [0.1, 0.15) is 80.6 Å². The fourth-order valence-electron chi connectivity index (χ4n) is 6.52. The Bertz CT molecular complexity index is 875. The van der Waals surface area contributed by atoms with E-state index in [9.17, 15) is 14.4 Å². The highest BCUT2D eigenvalue weighted by Crippen LogP contribution is 2.56. The predicted molar refractivity (Wildman–Crippen MR) is 131 cm³/mol. The maximum absolute atomic E-state index is 12.7. The lowest BCUT2D eigenvalue weighted by Gasteiger charge is -2.50. The van der Waals surface area contributed by atoms with E-state index in [2.05, 4.69) is 33.4 Å². The largest absolute Gasteiger partial charge is 0.458 e. The summed E-state index contributed by atoms with van der Waals surface area (Å²) in [6, 6.07) is 0. The van der Waals surface area contributed by atoms with Crippen molar-refractivity contribution in [2.24, 2.45) is 23.7 Å². The summed E-state index contributed by atoms with van der Waals surface area (Å²) in [5.41, 5.74) is 1.06. The number of allylic oxidation sites excluding steroid dienone is 1. The number of esters is 3. The average molecular weight is 491 g/mol. The lowest BCUT2D eigenvalue weighted by Crippen LogP contribution is -2.58. The first-order valence-corrected chi connectivity index (χ1v) is 13.0. The molecule has 7 nitrogen and oxygen atoms in total. The second-order valence-corrected chi connectivity index (χ2v) is 11.0. The summed E-state index contributed by atoms with van der Waals surface area (Å²) in [4.78, 5) is 37.0. The Hall–Kier alpha value is -2.15. The van der Waals surface area contributed by atoms with Crippen LogP contribution < -0.4 is 0 Å². The van der Waals surface area contributed by atoms with Gasteiger partial charge in [-0.15, -0.1) is 0 Å². The van der Waals surface area contributed by atoms with Crippen LogP contribution in [0.2, 0.25) is 0 Å². The Morgan fingerprint density at radius 2 is 1.86 bits per heavy atom. The molecular formula is C28H42O7. The molecule has 3 rings (SSSR count). The zero-order valence-corrected chi connectivity index (χ0v) is 22.3. The van der Waals surface area contributed by atoms with Crippen LogP contribution >= 0.6 is 0 Å². The van der Waals surface area contributed by atoms with E-state index in [1.54, 1.807) is 0 Å². The third-order valence-corrected chi connectivity index (χ3v) is 7.83. The van der Waals surface area contributed by atoms with Crippen LogP contribution in [0.25, 0.3) is 0 Å². The van der Waals surface area contributed by atoms with Crippen molar-refractivity contribution < 1.29 is 33.3 Å². The summed E-state index contributed by atoms with van der Waals surface area (Å²) in [5, 5.41) is 0. The normalized spacial score (nSPS) is 38.3. The summed E-state index contributed by atoms with van der Waals surface area (Å²) in [6.45, 7) is 17.3. The van der Waals surface area contributed by atoms with E-state index in [0.29, 0.717) is 31.3 Å². The van der Waals surface area contributed by atoms with E-state index < -0.39 is 35.9 Å². The van der Waals surface area contributed by atoms with Crippen molar-refractivity contribution in [3.05, 3.63) is 23.8 Å². The molecule has 0 unspecified atom stereocenters. The van der Waals surface area contributed by atoms with Crippen molar-refractivity contribution in [2.45, 2.75) is 111 Å². The van der Waals surface area contributed by atoms with Crippen molar-refractivity contribution in [2.75, 3.05) is 0 Å². The number of fused-ring (bicyclic) bond motifs is 5. The topological polar surface area (TPSA) is 88.1 Å². The minimum Gasteiger partial charge on any atom is -0.458 e. The van der Waals surface area contributed by atoms with Crippen LogP contribution in [0.5, 0.6) is 0 Å². The molecule has 3 aliphatic rings. The zero-order valence-electron chi connectivity index (χ0n) is 22.3. The Morgan fingerprint density at radius 1 is 1.20 bits per heavy atom. The predicted octanol–water partition coefficient (Wildman–Crippen LogP) is 4.92. The number of hydrogen-bond acceptors (Lipinski definition) is 7. The van der Waals surface area contributed by atoms with Gasteiger partial charge in [-0.3, -0.25) is 14.4 Å². The van der Waals surface area contributed by atoms with E-state index in [1.165, 1.54) is 19.4 Å². The molecule has 35 heavy (non-hydrogen) atoms. The standard InChI is InChI=1S/C28H42O7/c1-9-11-21(31)35-28(8)13-10-12-16(4)14-20-23-17(5)25(32-18(6)29)26(33-19(7)30)22(15(2)3)24(23)27(28)34-20/h12,15,20,22-27H,5,9-11,13-14H2,1-4,6-8H3/b16-12+/t20-,22+,23+,24+,25+,26-,27-,28+/m0/s1. The summed E-state index contributed by atoms with van der Waals surface area (Å²) in [5.74, 6) is -1.46. The summed E-state index contributed by atoms with van der Waals surface area (Å²) >= 11 is 0. The second kappa shape index (κ2) is 10.9. The third-order valence-electron chi connectivity index (χ3n) is 7.83. The maximum atomic E-state index is 12.7. The highest BCUT2D eigenvalue weighted by atomic mass is 16.6. The van der Waals surface area contributed by atoms with Gasteiger partial charge >= 0.3 is 17.9 Å². The molecule has 0 radical (unpaired) electrons. The van der Waals surface area contributed by atoms with Crippen LogP contribution in [-0.2, 0) is 33.3 Å². The van der Waals surface area contributed by atoms with Crippen LogP contribution in [0.3, 0.4) is 0 Å². The maximum Gasteiger partial charge on any atom is 0.306 e. The van der Waals surface area contributed by atoms with Gasteiger partial charge in [-0.2, -0.15) is 0 Å². The van der Waals surface area contributed by atoms with Crippen molar-refractivity contribution in [1.82, 2.24) is 0 Å². The van der Waals surface area contributed by atoms with E-state index in [1.807, 2.05) is 13.8 Å². The highest BCUT2D eigenvalue weighted by Gasteiger charge is 2.63. The Kier molecular flexibility index (Phi) is 8.51. The first kappa shape index (κ1) is 27.4. The Labute approximate surface area is 209 Å². The van der Waals surface area contributed by atoms with Gasteiger partial charge in [0.1, 0.15) is 17.8 Å². The first-order valence-electron chi connectivity index (χ1n) is 13.0. The smallest absolute Gasteiger partial charge is 0.306 e. The molecule has 0 aromatic heterocycles. The molecule has 0 spiro atoms. The average Bonchev–Trinajstić information content (AvgIpc) is 3.11. The Morgan fingerprint density at radius 3 is 2.43 bits per heavy atom. The van der Waals surface area contributed by atoms with Crippen molar-refractivity contribution in [3.63, 3.8) is 0 Å². The van der Waals surface area contributed by atoms with Crippen LogP contribution in [0.4, 0.5) is 0 Å². The molecule has 7 heteroatoms. The van der Waals surface area contributed by atoms with Gasteiger partial charge in [0.15, 0.2) is 6.10 Å². The summed E-state index contributed by atoms with van der Waals surface area (Å²) in [6.07, 6.45) is 3.32. The second-order valence-electron chi connectivity index (χ2n) is 11.0. The molecule has 2 bridgehead atoms. The fourth-order valence-corrected chi connectivity index (χ4v) is 6.52. The SMILES string of the molecule is C=C1[C@H]2[C@@H]([C@@H](C(C)C)[C@H](OC(C)=O)[C@@H]1OC(C)=O)[C@@H]1O[C@H]2C/C(C)=C/CC[C@@]1(C)OC(=O)CCC. The molecule has 1 aliphatic carbocycles. The van der Waals surface area contributed by atoms with E-state index in [0.717, 1.165) is 6.42 Å². The van der Waals surface area contributed by atoms with Gasteiger partial charge in [-0.05, 0) is 51.0 Å². The number of ether oxygens (including phenoxy) is 4. The van der Waals surface area contributed by atoms with Gasteiger partial charge in [-0.25, -0.2) is 0 Å². The van der Waals surface area contributed by atoms with Crippen LogP contribution in [0.15, 0.2) is 23.8 Å². The quantitative estimate of drug-likeness (QED) is 0.296. The van der Waals surface area contributed by atoms with E-state index in [-0.39, 0.29) is 35.7 Å². The minimum absolute atomic E-state index is 0.0815. The van der Waals surface area contributed by atoms with Crippen LogP contribution in [0, 0.1) is 23.7 Å². The van der Waals surface area contributed by atoms with Gasteiger partial charge < -0.3 is 18.9 Å². The van der Waals surface area contributed by atoms with Crippen molar-refractivity contribution in [3.8, 4) is 0 Å². The first-order chi connectivity index (χ1) is 16.4. The van der Waals surface area contributed by atoms with Gasteiger partial charge in [0, 0.05) is 38.0 Å². The molecular weight excluding hydrogens is 448 g/mol. The highest BCUT2D eigenvalue weighted by molar-refractivity contribution is 5.70. The molecule has 2 aliphatic heterocycles. The van der Waals surface area contributed by atoms with E-state index >= 15 is 0 Å². The fraction of sp³-hybridized carbons (Fsp3) is 0.750. The number of carbonyl (C=O) groups is 3. The van der Waals surface area contributed by atoms with Crippen molar-refractivity contribution >= 4 is 17.9 Å². The molecule has 2 fully saturated rings. The van der Waals surface area contributed by atoms with Crippen molar-refractivity contribution in [1.29, 1.82) is 0 Å². The number of hydrogen-bond donors (Lipinski definition) is 0. The third kappa shape index (κ3) is 5.65. The van der Waals surface area contributed by atoms with E-state index in [4.69, 9.17) is 18.9 Å².